The minimum absolute atomic E-state index is 0.0816. The van der Waals surface area contributed by atoms with Gasteiger partial charge in [0.15, 0.2) is 10.8 Å². The van der Waals surface area contributed by atoms with Crippen LogP contribution in [0.3, 0.4) is 0 Å². The van der Waals surface area contributed by atoms with Gasteiger partial charge < -0.3 is 10.6 Å². The lowest BCUT2D eigenvalue weighted by atomic mass is 10.3. The van der Waals surface area contributed by atoms with Crippen molar-refractivity contribution >= 4 is 34.5 Å². The second kappa shape index (κ2) is 10.2. The van der Waals surface area contributed by atoms with E-state index in [2.05, 4.69) is 39.5 Å². The van der Waals surface area contributed by atoms with Crippen LogP contribution in [0.4, 0.5) is 5.82 Å². The van der Waals surface area contributed by atoms with Gasteiger partial charge in [0.2, 0.25) is 5.91 Å². The van der Waals surface area contributed by atoms with Crippen molar-refractivity contribution in [3.05, 3.63) is 6.20 Å². The Labute approximate surface area is 153 Å². The van der Waals surface area contributed by atoms with E-state index in [-0.39, 0.29) is 5.91 Å². The van der Waals surface area contributed by atoms with Gasteiger partial charge in [0.05, 0.1) is 18.1 Å². The highest BCUT2D eigenvalue weighted by molar-refractivity contribution is 7.99. The Bertz CT molecular complexity index is 687. The summed E-state index contributed by atoms with van der Waals surface area (Å²) in [5.74, 6) is 1.91. The summed E-state index contributed by atoms with van der Waals surface area (Å²) in [7, 11) is 0. The van der Waals surface area contributed by atoms with Crippen LogP contribution in [0, 0.1) is 0 Å². The number of nitrogens with one attached hydrogen (secondary N) is 2. The normalized spacial score (nSPS) is 11.0. The van der Waals surface area contributed by atoms with Gasteiger partial charge in [-0.25, -0.2) is 14.6 Å². The zero-order valence-corrected chi connectivity index (χ0v) is 16.2. The van der Waals surface area contributed by atoms with Gasteiger partial charge in [-0.2, -0.15) is 5.10 Å². The monoisotopic (exact) mass is 364 g/mol. The number of amides is 1. The fourth-order valence-corrected chi connectivity index (χ4v) is 3.05. The minimum Gasteiger partial charge on any atom is -0.369 e. The number of hydrogen-bond acceptors (Lipinski definition) is 6. The summed E-state index contributed by atoms with van der Waals surface area (Å²) in [6.07, 6.45) is 5.32. The molecule has 0 aromatic carbocycles. The van der Waals surface area contributed by atoms with E-state index in [0.29, 0.717) is 19.5 Å². The summed E-state index contributed by atoms with van der Waals surface area (Å²) in [4.78, 5) is 20.9. The number of carbonyl (C=O) groups excluding carboxylic acids is 1. The largest absolute Gasteiger partial charge is 0.369 e. The molecule has 1 amide bonds. The number of hydrogen-bond donors (Lipinski definition) is 2. The standard InChI is InChI=1S/C17H28N6OS/c1-4-7-14(24)18-9-10-23-16-13(12-20-23)15(19-8-5-2)21-17(22-16)25-11-6-3/h12H,4-11H2,1-3H3,(H,18,24)(H,19,21,22). The topological polar surface area (TPSA) is 84.7 Å². The molecule has 2 rings (SSSR count). The van der Waals surface area contributed by atoms with E-state index in [1.165, 1.54) is 0 Å². The predicted molar refractivity (Wildman–Crippen MR) is 103 cm³/mol. The van der Waals surface area contributed by atoms with Crippen LogP contribution >= 0.6 is 11.8 Å². The average Bonchev–Trinajstić information content (AvgIpc) is 3.01. The zero-order chi connectivity index (χ0) is 18.1. The van der Waals surface area contributed by atoms with Crippen molar-refractivity contribution in [2.75, 3.05) is 24.2 Å². The van der Waals surface area contributed by atoms with Crippen LogP contribution in [0.5, 0.6) is 0 Å². The maximum Gasteiger partial charge on any atom is 0.220 e. The minimum atomic E-state index is 0.0816. The molecule has 0 atom stereocenters. The van der Waals surface area contributed by atoms with Gasteiger partial charge in [-0.1, -0.05) is 32.5 Å². The molecule has 2 aromatic rings. The number of rotatable bonds is 11. The highest BCUT2D eigenvalue weighted by Gasteiger charge is 2.13. The quantitative estimate of drug-likeness (QED) is 0.471. The maximum atomic E-state index is 11.6. The molecule has 25 heavy (non-hydrogen) atoms. The molecule has 0 saturated heterocycles. The summed E-state index contributed by atoms with van der Waals surface area (Å²) < 4.78 is 1.84. The van der Waals surface area contributed by atoms with E-state index in [9.17, 15) is 4.79 Å². The summed E-state index contributed by atoms with van der Waals surface area (Å²) in [5, 5.41) is 12.4. The Balaban J connectivity index is 2.18. The molecule has 0 unspecified atom stereocenters. The molecule has 2 N–H and O–H groups in total. The first kappa shape index (κ1) is 19.5. The molecular formula is C17H28N6OS. The van der Waals surface area contributed by atoms with Crippen LogP contribution in [0.15, 0.2) is 11.4 Å². The number of carbonyl (C=O) groups is 1. The summed E-state index contributed by atoms with van der Waals surface area (Å²) >= 11 is 1.66. The molecule has 2 heterocycles. The predicted octanol–water partition coefficient (Wildman–Crippen LogP) is 3.07. The van der Waals surface area contributed by atoms with Gasteiger partial charge in [-0.3, -0.25) is 4.79 Å². The summed E-state index contributed by atoms with van der Waals surface area (Å²) in [6.45, 7) is 8.28. The van der Waals surface area contributed by atoms with Gasteiger partial charge in [0.25, 0.3) is 0 Å². The lowest BCUT2D eigenvalue weighted by Gasteiger charge is -2.09. The number of anilines is 1. The first-order valence-electron chi connectivity index (χ1n) is 9.06. The van der Waals surface area contributed by atoms with Gasteiger partial charge in [0.1, 0.15) is 5.82 Å². The summed E-state index contributed by atoms with van der Waals surface area (Å²) in [5.41, 5.74) is 0.817. The number of fused-ring (bicyclic) bond motifs is 1. The second-order valence-corrected chi connectivity index (χ2v) is 6.90. The second-order valence-electron chi connectivity index (χ2n) is 5.83. The fraction of sp³-hybridized carbons (Fsp3) is 0.647. The smallest absolute Gasteiger partial charge is 0.220 e. The number of aromatic nitrogens is 4. The first-order valence-corrected chi connectivity index (χ1v) is 10.0. The van der Waals surface area contributed by atoms with E-state index in [4.69, 9.17) is 0 Å². The Hall–Kier alpha value is -1.83. The Morgan fingerprint density at radius 3 is 2.72 bits per heavy atom. The number of thioether (sulfide) groups is 1. The highest BCUT2D eigenvalue weighted by atomic mass is 32.2. The SMILES string of the molecule is CCCNc1nc(SCCC)nc2c1cnn2CCNC(=O)CCC. The molecule has 0 bridgehead atoms. The zero-order valence-electron chi connectivity index (χ0n) is 15.3. The van der Waals surface area contributed by atoms with E-state index in [0.717, 1.165) is 53.6 Å². The molecule has 0 radical (unpaired) electrons. The van der Waals surface area contributed by atoms with Gasteiger partial charge in [-0.15, -0.1) is 0 Å². The molecule has 0 spiro atoms. The van der Waals surface area contributed by atoms with Crippen molar-refractivity contribution in [3.63, 3.8) is 0 Å². The first-order chi connectivity index (χ1) is 12.2. The van der Waals surface area contributed by atoms with Gasteiger partial charge in [0, 0.05) is 25.3 Å². The molecule has 8 heteroatoms. The van der Waals surface area contributed by atoms with Crippen molar-refractivity contribution in [1.82, 2.24) is 25.1 Å². The molecular weight excluding hydrogens is 336 g/mol. The van der Waals surface area contributed by atoms with E-state index in [1.54, 1.807) is 18.0 Å². The molecule has 138 valence electrons. The van der Waals surface area contributed by atoms with Crippen LogP contribution in [0.25, 0.3) is 11.0 Å². The van der Waals surface area contributed by atoms with Crippen molar-refractivity contribution in [3.8, 4) is 0 Å². The number of nitrogens with zero attached hydrogens (tertiary/aromatic N) is 4. The van der Waals surface area contributed by atoms with Crippen LogP contribution < -0.4 is 10.6 Å². The third-order valence-corrected chi connectivity index (χ3v) is 4.63. The van der Waals surface area contributed by atoms with Crippen molar-refractivity contribution < 1.29 is 4.79 Å². The van der Waals surface area contributed by atoms with Gasteiger partial charge >= 0.3 is 0 Å². The van der Waals surface area contributed by atoms with Crippen LogP contribution in [0.2, 0.25) is 0 Å². The average molecular weight is 365 g/mol. The summed E-state index contributed by atoms with van der Waals surface area (Å²) in [6, 6.07) is 0. The van der Waals surface area contributed by atoms with Crippen molar-refractivity contribution in [1.29, 1.82) is 0 Å². The van der Waals surface area contributed by atoms with Crippen molar-refractivity contribution in [2.24, 2.45) is 0 Å². The molecule has 7 nitrogen and oxygen atoms in total. The van der Waals surface area contributed by atoms with Crippen molar-refractivity contribution in [2.45, 2.75) is 58.2 Å². The maximum absolute atomic E-state index is 11.6. The van der Waals surface area contributed by atoms with E-state index in [1.807, 2.05) is 11.6 Å². The van der Waals surface area contributed by atoms with Crippen LogP contribution in [0.1, 0.15) is 46.5 Å². The lowest BCUT2D eigenvalue weighted by Crippen LogP contribution is -2.27. The van der Waals surface area contributed by atoms with E-state index >= 15 is 0 Å². The van der Waals surface area contributed by atoms with Gasteiger partial charge in [-0.05, 0) is 19.3 Å². The van der Waals surface area contributed by atoms with E-state index < -0.39 is 0 Å². The highest BCUT2D eigenvalue weighted by Crippen LogP contribution is 2.24. The third kappa shape index (κ3) is 5.59. The molecule has 0 fully saturated rings. The lowest BCUT2D eigenvalue weighted by molar-refractivity contribution is -0.121. The Kier molecular flexibility index (Phi) is 7.97. The molecule has 0 aliphatic heterocycles. The van der Waals surface area contributed by atoms with Crippen LogP contribution in [-0.2, 0) is 11.3 Å². The molecule has 0 aliphatic rings. The third-order valence-electron chi connectivity index (χ3n) is 3.58. The molecule has 2 aromatic heterocycles. The Morgan fingerprint density at radius 2 is 2.00 bits per heavy atom. The van der Waals surface area contributed by atoms with Crippen LogP contribution in [-0.4, -0.2) is 44.5 Å². The molecule has 0 saturated carbocycles. The molecule has 0 aliphatic carbocycles. The fourth-order valence-electron chi connectivity index (χ4n) is 2.35. The Morgan fingerprint density at radius 1 is 1.16 bits per heavy atom.